The molecule has 2 aliphatic rings. The molecule has 1 aromatic rings. The lowest BCUT2D eigenvalue weighted by Crippen LogP contribution is -2.53. The average Bonchev–Trinajstić information content (AvgIpc) is 2.82. The van der Waals surface area contributed by atoms with E-state index in [0.717, 1.165) is 5.56 Å². The highest BCUT2D eigenvalue weighted by Gasteiger charge is 2.33. The predicted molar refractivity (Wildman–Crippen MR) is 125 cm³/mol. The van der Waals surface area contributed by atoms with Crippen molar-refractivity contribution in [1.82, 2.24) is 19.4 Å². The summed E-state index contributed by atoms with van der Waals surface area (Å²) in [6.07, 6.45) is 4.30. The monoisotopic (exact) mass is 460 g/mol. The third kappa shape index (κ3) is 6.75. The molecule has 32 heavy (non-hydrogen) atoms. The van der Waals surface area contributed by atoms with Crippen molar-refractivity contribution in [2.75, 3.05) is 52.4 Å². The Labute approximate surface area is 190 Å². The highest BCUT2D eigenvalue weighted by molar-refractivity contribution is 7.92. The lowest BCUT2D eigenvalue weighted by Gasteiger charge is -2.38. The molecule has 0 bridgehead atoms. The van der Waals surface area contributed by atoms with Crippen LogP contribution in [0.1, 0.15) is 18.4 Å². The van der Waals surface area contributed by atoms with E-state index in [2.05, 4.69) is 11.9 Å². The van der Waals surface area contributed by atoms with Crippen LogP contribution in [-0.2, 0) is 19.6 Å². The molecule has 0 aromatic heterocycles. The molecule has 2 saturated heterocycles. The lowest BCUT2D eigenvalue weighted by atomic mass is 9.96. The summed E-state index contributed by atoms with van der Waals surface area (Å²) in [7, 11) is -3.50. The number of nitrogens with one attached hydrogen (secondary N) is 1. The van der Waals surface area contributed by atoms with E-state index in [1.54, 1.807) is 12.2 Å². The van der Waals surface area contributed by atoms with Gasteiger partial charge in [-0.3, -0.25) is 14.5 Å². The van der Waals surface area contributed by atoms with Gasteiger partial charge in [0.1, 0.15) is 0 Å². The van der Waals surface area contributed by atoms with Crippen molar-refractivity contribution in [3.8, 4) is 0 Å². The standard InChI is InChI=1S/C23H32N4O4S/c1-2-11-24-22(28)19-25-14-16-26(17-15-25)23(29)21-8-12-27(13-9-21)32(30,31)18-10-20-6-4-3-5-7-20/h2-7,10,18,21H,1,8-9,11-17,19H2,(H,24,28). The maximum atomic E-state index is 12.9. The van der Waals surface area contributed by atoms with E-state index in [9.17, 15) is 18.0 Å². The van der Waals surface area contributed by atoms with E-state index < -0.39 is 10.0 Å². The van der Waals surface area contributed by atoms with Crippen molar-refractivity contribution in [3.05, 3.63) is 54.0 Å². The Morgan fingerprint density at radius 1 is 1.03 bits per heavy atom. The molecule has 1 N–H and O–H groups in total. The third-order valence-corrected chi connectivity index (χ3v) is 7.45. The molecule has 9 heteroatoms. The number of amides is 2. The van der Waals surface area contributed by atoms with E-state index in [4.69, 9.17) is 0 Å². The van der Waals surface area contributed by atoms with E-state index in [-0.39, 0.29) is 17.7 Å². The Hall–Kier alpha value is -2.49. The highest BCUT2D eigenvalue weighted by Crippen LogP contribution is 2.23. The molecular weight excluding hydrogens is 428 g/mol. The van der Waals surface area contributed by atoms with Gasteiger partial charge in [0.05, 0.1) is 6.54 Å². The molecule has 0 atom stereocenters. The topological polar surface area (TPSA) is 90.0 Å². The first kappa shape index (κ1) is 24.2. The van der Waals surface area contributed by atoms with Gasteiger partial charge in [-0.1, -0.05) is 36.4 Å². The molecule has 0 radical (unpaired) electrons. The van der Waals surface area contributed by atoms with Crippen LogP contribution >= 0.6 is 0 Å². The Bertz CT molecular complexity index is 917. The minimum absolute atomic E-state index is 0.0421. The summed E-state index contributed by atoms with van der Waals surface area (Å²) in [4.78, 5) is 28.6. The van der Waals surface area contributed by atoms with Crippen molar-refractivity contribution in [3.63, 3.8) is 0 Å². The Morgan fingerprint density at radius 3 is 2.31 bits per heavy atom. The molecule has 0 saturated carbocycles. The number of sulfonamides is 1. The molecule has 2 fully saturated rings. The average molecular weight is 461 g/mol. The van der Waals surface area contributed by atoms with Gasteiger partial charge < -0.3 is 10.2 Å². The number of benzene rings is 1. The summed E-state index contributed by atoms with van der Waals surface area (Å²) in [6, 6.07) is 9.31. The van der Waals surface area contributed by atoms with Crippen molar-refractivity contribution in [1.29, 1.82) is 0 Å². The number of nitrogens with zero attached hydrogens (tertiary/aromatic N) is 3. The van der Waals surface area contributed by atoms with Gasteiger partial charge >= 0.3 is 0 Å². The second kappa shape index (κ2) is 11.4. The summed E-state index contributed by atoms with van der Waals surface area (Å²) in [5.74, 6) is -0.0980. The van der Waals surface area contributed by atoms with Gasteiger partial charge in [0.2, 0.25) is 21.8 Å². The largest absolute Gasteiger partial charge is 0.352 e. The molecule has 2 aliphatic heterocycles. The second-order valence-electron chi connectivity index (χ2n) is 8.13. The fraction of sp³-hybridized carbons (Fsp3) is 0.478. The fourth-order valence-corrected chi connectivity index (χ4v) is 5.22. The van der Waals surface area contributed by atoms with Crippen LogP contribution in [0.3, 0.4) is 0 Å². The van der Waals surface area contributed by atoms with E-state index in [1.165, 1.54) is 9.71 Å². The first-order chi connectivity index (χ1) is 15.4. The zero-order valence-corrected chi connectivity index (χ0v) is 19.2. The summed E-state index contributed by atoms with van der Waals surface area (Å²) in [5.41, 5.74) is 0.832. The van der Waals surface area contributed by atoms with Gasteiger partial charge in [-0.15, -0.1) is 6.58 Å². The van der Waals surface area contributed by atoms with Crippen LogP contribution in [0.2, 0.25) is 0 Å². The van der Waals surface area contributed by atoms with Crippen LogP contribution in [0, 0.1) is 5.92 Å². The van der Waals surface area contributed by atoms with Gasteiger partial charge in [0, 0.05) is 57.1 Å². The smallest absolute Gasteiger partial charge is 0.236 e. The summed E-state index contributed by atoms with van der Waals surface area (Å²) in [5, 5.41) is 4.01. The minimum atomic E-state index is -3.50. The van der Waals surface area contributed by atoms with E-state index in [0.29, 0.717) is 65.2 Å². The number of carbonyl (C=O) groups excluding carboxylic acids is 2. The van der Waals surface area contributed by atoms with Gasteiger partial charge in [-0.2, -0.15) is 4.31 Å². The molecule has 1 aromatic carbocycles. The van der Waals surface area contributed by atoms with Crippen LogP contribution < -0.4 is 5.32 Å². The van der Waals surface area contributed by atoms with Crippen molar-refractivity contribution < 1.29 is 18.0 Å². The summed E-state index contributed by atoms with van der Waals surface area (Å²) >= 11 is 0. The van der Waals surface area contributed by atoms with Crippen molar-refractivity contribution in [2.24, 2.45) is 5.92 Å². The van der Waals surface area contributed by atoms with E-state index >= 15 is 0 Å². The van der Waals surface area contributed by atoms with Crippen LogP contribution in [0.5, 0.6) is 0 Å². The number of piperazine rings is 1. The van der Waals surface area contributed by atoms with Gasteiger partial charge in [0.15, 0.2) is 0 Å². The number of rotatable bonds is 8. The molecular formula is C23H32N4O4S. The number of hydrogen-bond donors (Lipinski definition) is 1. The van der Waals surface area contributed by atoms with E-state index in [1.807, 2.05) is 40.1 Å². The zero-order valence-electron chi connectivity index (χ0n) is 18.4. The molecule has 2 amide bonds. The molecule has 3 rings (SSSR count). The number of hydrogen-bond acceptors (Lipinski definition) is 5. The van der Waals surface area contributed by atoms with Gasteiger partial charge in [-0.25, -0.2) is 8.42 Å². The highest BCUT2D eigenvalue weighted by atomic mass is 32.2. The molecule has 2 heterocycles. The molecule has 0 unspecified atom stereocenters. The maximum Gasteiger partial charge on any atom is 0.236 e. The maximum absolute atomic E-state index is 12.9. The molecule has 0 aliphatic carbocycles. The van der Waals surface area contributed by atoms with Gasteiger partial charge in [-0.05, 0) is 24.5 Å². The zero-order chi connectivity index (χ0) is 23.0. The third-order valence-electron chi connectivity index (χ3n) is 5.89. The molecule has 8 nitrogen and oxygen atoms in total. The molecule has 0 spiro atoms. The number of carbonyl (C=O) groups is 2. The normalized spacial score (nSPS) is 19.2. The van der Waals surface area contributed by atoms with Crippen LogP contribution in [0.4, 0.5) is 0 Å². The van der Waals surface area contributed by atoms with Crippen molar-refractivity contribution in [2.45, 2.75) is 12.8 Å². The minimum Gasteiger partial charge on any atom is -0.352 e. The first-order valence-corrected chi connectivity index (χ1v) is 12.5. The Morgan fingerprint density at radius 2 is 1.69 bits per heavy atom. The SMILES string of the molecule is C=CCNC(=O)CN1CCN(C(=O)C2CCN(S(=O)(=O)C=Cc3ccccc3)CC2)CC1. The predicted octanol–water partition coefficient (Wildman–Crippen LogP) is 1.15. The van der Waals surface area contributed by atoms with Gasteiger partial charge in [0.25, 0.3) is 0 Å². The quantitative estimate of drug-likeness (QED) is 0.588. The molecule has 174 valence electrons. The van der Waals surface area contributed by atoms with Crippen LogP contribution in [0.25, 0.3) is 6.08 Å². The van der Waals surface area contributed by atoms with Crippen LogP contribution in [-0.4, -0.2) is 86.7 Å². The lowest BCUT2D eigenvalue weighted by molar-refractivity contribution is -0.138. The summed E-state index contributed by atoms with van der Waals surface area (Å²) < 4.78 is 26.7. The fourth-order valence-electron chi connectivity index (χ4n) is 4.00. The number of piperidine rings is 1. The van der Waals surface area contributed by atoms with Crippen LogP contribution in [0.15, 0.2) is 48.4 Å². The second-order valence-corrected chi connectivity index (χ2v) is 9.94. The summed E-state index contributed by atoms with van der Waals surface area (Å²) in [6.45, 7) is 7.55. The Balaban J connectivity index is 1.44. The Kier molecular flexibility index (Phi) is 8.60. The van der Waals surface area contributed by atoms with Crippen molar-refractivity contribution >= 4 is 27.9 Å². The first-order valence-electron chi connectivity index (χ1n) is 11.0.